The van der Waals surface area contributed by atoms with E-state index in [9.17, 15) is 13.2 Å². The summed E-state index contributed by atoms with van der Waals surface area (Å²) >= 11 is 0. The van der Waals surface area contributed by atoms with Crippen LogP contribution in [0, 0.1) is 13.8 Å². The lowest BCUT2D eigenvalue weighted by Crippen LogP contribution is -2.10. The molecule has 0 atom stereocenters. The molecule has 1 aromatic heterocycles. The molecule has 2 nitrogen and oxygen atoms in total. The predicted molar refractivity (Wildman–Crippen MR) is 61.9 cm³/mol. The second-order valence-electron chi connectivity index (χ2n) is 3.52. The number of aromatic amines is 1. The number of aromatic nitrogens is 2. The minimum absolute atomic E-state index is 0.219. The number of rotatable bonds is 0. The first-order valence-electron chi connectivity index (χ1n) is 5.41. The first kappa shape index (κ1) is 13.5. The van der Waals surface area contributed by atoms with Crippen molar-refractivity contribution in [3.05, 3.63) is 29.0 Å². The van der Waals surface area contributed by atoms with Crippen LogP contribution in [0.1, 0.15) is 30.5 Å². The first-order valence-corrected chi connectivity index (χ1v) is 5.41. The summed E-state index contributed by atoms with van der Waals surface area (Å²) in [5, 5.41) is 6.92. The summed E-state index contributed by atoms with van der Waals surface area (Å²) in [6.45, 7) is 6.92. The molecule has 0 radical (unpaired) electrons. The maximum atomic E-state index is 12.7. The molecule has 0 spiro atoms. The normalized spacial score (nSPS) is 11.2. The smallest absolute Gasteiger partial charge is 0.278 e. The molecule has 0 fully saturated rings. The lowest BCUT2D eigenvalue weighted by molar-refractivity contribution is -0.138. The zero-order valence-corrected chi connectivity index (χ0v) is 10.2. The Bertz CT molecular complexity index is 512. The molecule has 0 saturated carbocycles. The highest BCUT2D eigenvalue weighted by atomic mass is 19.4. The summed E-state index contributed by atoms with van der Waals surface area (Å²) in [7, 11) is 0. The van der Waals surface area contributed by atoms with Gasteiger partial charge in [0.15, 0.2) is 0 Å². The Morgan fingerprint density at radius 2 is 1.76 bits per heavy atom. The minimum atomic E-state index is -4.31. The van der Waals surface area contributed by atoms with E-state index < -0.39 is 11.7 Å². The van der Waals surface area contributed by atoms with Gasteiger partial charge in [-0.1, -0.05) is 13.8 Å². The molecular weight excluding hydrogens is 229 g/mol. The third-order valence-electron chi connectivity index (χ3n) is 2.49. The number of alkyl halides is 3. The molecule has 5 heteroatoms. The summed E-state index contributed by atoms with van der Waals surface area (Å²) in [5.74, 6) is 0. The van der Waals surface area contributed by atoms with E-state index in [0.29, 0.717) is 10.9 Å². The van der Waals surface area contributed by atoms with Crippen molar-refractivity contribution in [2.24, 2.45) is 0 Å². The Hall–Kier alpha value is -1.52. The highest BCUT2D eigenvalue weighted by Crippen LogP contribution is 2.37. The van der Waals surface area contributed by atoms with Gasteiger partial charge in [-0.15, -0.1) is 0 Å². The summed E-state index contributed by atoms with van der Waals surface area (Å²) in [6, 6.07) is 1.47. The maximum absolute atomic E-state index is 12.7. The van der Waals surface area contributed by atoms with Gasteiger partial charge in [0.2, 0.25) is 0 Å². The van der Waals surface area contributed by atoms with Gasteiger partial charge in [0.05, 0.1) is 17.3 Å². The average Bonchev–Trinajstić information content (AvgIpc) is 2.66. The topological polar surface area (TPSA) is 28.7 Å². The van der Waals surface area contributed by atoms with Crippen molar-refractivity contribution >= 4 is 10.9 Å². The van der Waals surface area contributed by atoms with Gasteiger partial charge in [-0.3, -0.25) is 5.10 Å². The highest BCUT2D eigenvalue weighted by Gasteiger charge is 2.34. The van der Waals surface area contributed by atoms with Gasteiger partial charge < -0.3 is 0 Å². The van der Waals surface area contributed by atoms with Crippen LogP contribution in [0.4, 0.5) is 13.2 Å². The fourth-order valence-electron chi connectivity index (χ4n) is 1.86. The fraction of sp³-hybridized carbons (Fsp3) is 0.417. The van der Waals surface area contributed by atoms with E-state index in [4.69, 9.17) is 0 Å². The lowest BCUT2D eigenvalue weighted by atomic mass is 9.99. The number of hydrogen-bond acceptors (Lipinski definition) is 1. The van der Waals surface area contributed by atoms with Crippen LogP contribution in [0.15, 0.2) is 12.3 Å². The Morgan fingerprint density at radius 3 is 2.29 bits per heavy atom. The van der Waals surface area contributed by atoms with Gasteiger partial charge in [0.1, 0.15) is 0 Å². The van der Waals surface area contributed by atoms with E-state index >= 15 is 0 Å². The van der Waals surface area contributed by atoms with E-state index in [2.05, 4.69) is 10.2 Å². The third kappa shape index (κ3) is 2.43. The van der Waals surface area contributed by atoms with Crippen molar-refractivity contribution in [1.82, 2.24) is 10.2 Å². The van der Waals surface area contributed by atoms with Gasteiger partial charge in [-0.05, 0) is 31.0 Å². The zero-order chi connectivity index (χ0) is 13.2. The molecule has 2 rings (SSSR count). The number of fused-ring (bicyclic) bond motifs is 1. The van der Waals surface area contributed by atoms with Crippen LogP contribution in [-0.4, -0.2) is 10.2 Å². The second kappa shape index (κ2) is 4.77. The highest BCUT2D eigenvalue weighted by molar-refractivity contribution is 5.83. The van der Waals surface area contributed by atoms with Crippen molar-refractivity contribution in [2.75, 3.05) is 0 Å². The lowest BCUT2D eigenvalue weighted by Gasteiger charge is -2.13. The molecule has 2 aromatic rings. The van der Waals surface area contributed by atoms with Gasteiger partial charge in [0, 0.05) is 5.39 Å². The largest absolute Gasteiger partial charge is 0.416 e. The van der Waals surface area contributed by atoms with Crippen molar-refractivity contribution in [2.45, 2.75) is 33.9 Å². The molecule has 0 amide bonds. The summed E-state index contributed by atoms with van der Waals surface area (Å²) in [5.41, 5.74) is 0.525. The van der Waals surface area contributed by atoms with E-state index in [1.807, 2.05) is 13.8 Å². The van der Waals surface area contributed by atoms with Crippen molar-refractivity contribution in [1.29, 1.82) is 0 Å². The standard InChI is InChI=1S/C10H9F3N2.C2H6/c1-5-3-8-7(4-14-15-8)6(2)9(5)10(11,12)13;1-2/h3-4H,1-2H3,(H,14,15);1-2H3. The monoisotopic (exact) mass is 244 g/mol. The SMILES string of the molecule is CC.Cc1cc2[nH]ncc2c(C)c1C(F)(F)F. The summed E-state index contributed by atoms with van der Waals surface area (Å²) in [6.07, 6.45) is -2.89. The minimum Gasteiger partial charge on any atom is -0.278 e. The van der Waals surface area contributed by atoms with Crippen LogP contribution in [0.25, 0.3) is 10.9 Å². The molecule has 0 bridgehead atoms. The van der Waals surface area contributed by atoms with Crippen molar-refractivity contribution < 1.29 is 13.2 Å². The molecule has 17 heavy (non-hydrogen) atoms. The van der Waals surface area contributed by atoms with Gasteiger partial charge in [0.25, 0.3) is 0 Å². The van der Waals surface area contributed by atoms with Crippen LogP contribution in [0.5, 0.6) is 0 Å². The van der Waals surface area contributed by atoms with Gasteiger partial charge >= 0.3 is 6.18 Å². The number of benzene rings is 1. The van der Waals surface area contributed by atoms with Crippen molar-refractivity contribution in [3.8, 4) is 0 Å². The molecule has 94 valence electrons. The first-order chi connectivity index (χ1) is 7.91. The number of halogens is 3. The Morgan fingerprint density at radius 1 is 1.18 bits per heavy atom. The van der Waals surface area contributed by atoms with E-state index in [1.165, 1.54) is 26.1 Å². The summed E-state index contributed by atoms with van der Waals surface area (Å²) < 4.78 is 38.1. The molecule has 1 heterocycles. The average molecular weight is 244 g/mol. The third-order valence-corrected chi connectivity index (χ3v) is 2.49. The quantitative estimate of drug-likeness (QED) is 0.738. The second-order valence-corrected chi connectivity index (χ2v) is 3.52. The maximum Gasteiger partial charge on any atom is 0.416 e. The number of nitrogens with zero attached hydrogens (tertiary/aromatic N) is 1. The molecule has 1 aromatic carbocycles. The van der Waals surface area contributed by atoms with Crippen LogP contribution in [0.3, 0.4) is 0 Å². The van der Waals surface area contributed by atoms with Crippen LogP contribution >= 0.6 is 0 Å². The van der Waals surface area contributed by atoms with Gasteiger partial charge in [-0.25, -0.2) is 0 Å². The number of aryl methyl sites for hydroxylation is 2. The number of H-pyrrole nitrogens is 1. The zero-order valence-electron chi connectivity index (χ0n) is 10.2. The fourth-order valence-corrected chi connectivity index (χ4v) is 1.86. The molecule has 0 saturated heterocycles. The van der Waals surface area contributed by atoms with Crippen LogP contribution in [0.2, 0.25) is 0 Å². The van der Waals surface area contributed by atoms with E-state index in [0.717, 1.165) is 0 Å². The predicted octanol–water partition coefficient (Wildman–Crippen LogP) is 4.22. The number of hydrogen-bond donors (Lipinski definition) is 1. The molecule has 0 aliphatic rings. The van der Waals surface area contributed by atoms with Crippen LogP contribution < -0.4 is 0 Å². The Labute approximate surface area is 97.8 Å². The molecular formula is C12H15F3N2. The molecule has 0 unspecified atom stereocenters. The number of nitrogens with one attached hydrogen (secondary N) is 1. The van der Waals surface area contributed by atoms with E-state index in [-0.39, 0.29) is 11.1 Å². The molecule has 0 aliphatic carbocycles. The summed E-state index contributed by atoms with van der Waals surface area (Å²) in [4.78, 5) is 0. The van der Waals surface area contributed by atoms with Crippen molar-refractivity contribution in [3.63, 3.8) is 0 Å². The Balaban J connectivity index is 0.000000686. The Kier molecular flexibility index (Phi) is 3.80. The van der Waals surface area contributed by atoms with Gasteiger partial charge in [-0.2, -0.15) is 18.3 Å². The molecule has 1 N–H and O–H groups in total. The van der Waals surface area contributed by atoms with E-state index in [1.54, 1.807) is 0 Å². The van der Waals surface area contributed by atoms with Crippen LogP contribution in [-0.2, 0) is 6.18 Å². The molecule has 0 aliphatic heterocycles.